The van der Waals surface area contributed by atoms with Gasteiger partial charge in [-0.15, -0.1) is 11.6 Å². The van der Waals surface area contributed by atoms with Crippen molar-refractivity contribution >= 4 is 28.8 Å². The van der Waals surface area contributed by atoms with Crippen molar-refractivity contribution in [3.63, 3.8) is 0 Å². The fourth-order valence-electron chi connectivity index (χ4n) is 3.62. The van der Waals surface area contributed by atoms with Gasteiger partial charge in [0.2, 0.25) is 0 Å². The minimum atomic E-state index is 0.530. The van der Waals surface area contributed by atoms with Crippen molar-refractivity contribution in [1.82, 2.24) is 14.6 Å². The van der Waals surface area contributed by atoms with Crippen molar-refractivity contribution in [2.45, 2.75) is 27.2 Å². The number of benzene rings is 2. The first-order valence-corrected chi connectivity index (χ1v) is 9.96. The number of halogens is 1. The molecule has 0 unspecified atom stereocenters. The summed E-state index contributed by atoms with van der Waals surface area (Å²) in [6.07, 6.45) is 0.726. The zero-order valence-corrected chi connectivity index (χ0v) is 17.1. The highest BCUT2D eigenvalue weighted by Gasteiger charge is 2.20. The molecular weight excluding hydrogens is 368 g/mol. The highest BCUT2D eigenvalue weighted by atomic mass is 35.5. The molecule has 4 rings (SSSR count). The van der Waals surface area contributed by atoms with Crippen molar-refractivity contribution in [2.75, 3.05) is 11.2 Å². The van der Waals surface area contributed by atoms with Crippen LogP contribution >= 0.6 is 11.6 Å². The van der Waals surface area contributed by atoms with Gasteiger partial charge in [-0.2, -0.15) is 9.61 Å². The van der Waals surface area contributed by atoms with E-state index >= 15 is 0 Å². The van der Waals surface area contributed by atoms with Gasteiger partial charge < -0.3 is 5.32 Å². The summed E-state index contributed by atoms with van der Waals surface area (Å²) in [7, 11) is 0. The highest BCUT2D eigenvalue weighted by Crippen LogP contribution is 2.32. The van der Waals surface area contributed by atoms with Crippen molar-refractivity contribution < 1.29 is 0 Å². The van der Waals surface area contributed by atoms with E-state index in [0.717, 1.165) is 51.7 Å². The van der Waals surface area contributed by atoms with Gasteiger partial charge >= 0.3 is 0 Å². The minimum absolute atomic E-state index is 0.530. The van der Waals surface area contributed by atoms with E-state index in [1.54, 1.807) is 0 Å². The summed E-state index contributed by atoms with van der Waals surface area (Å²) in [4.78, 5) is 4.91. The maximum Gasteiger partial charge on any atom is 0.165 e. The Labute approximate surface area is 170 Å². The number of aromatic nitrogens is 3. The standard InChI is InChI=1S/C23H23ClN4/c1-15-8-7-11-19(14-15)26-22-20(12-13-24)16(2)25-23-21(17(3)27-28(22)23)18-9-5-4-6-10-18/h4-11,14,26H,12-13H2,1-3H3. The van der Waals surface area contributed by atoms with Gasteiger partial charge in [0.1, 0.15) is 5.82 Å². The number of fused-ring (bicyclic) bond motifs is 1. The van der Waals surface area contributed by atoms with Gasteiger partial charge in [0, 0.05) is 28.4 Å². The summed E-state index contributed by atoms with van der Waals surface area (Å²) in [6.45, 7) is 6.16. The van der Waals surface area contributed by atoms with Gasteiger partial charge in [-0.25, -0.2) is 4.98 Å². The van der Waals surface area contributed by atoms with Crippen LogP contribution in [-0.2, 0) is 6.42 Å². The largest absolute Gasteiger partial charge is 0.340 e. The van der Waals surface area contributed by atoms with E-state index in [-0.39, 0.29) is 0 Å². The van der Waals surface area contributed by atoms with E-state index in [0.29, 0.717) is 5.88 Å². The van der Waals surface area contributed by atoms with E-state index in [1.165, 1.54) is 5.56 Å². The first-order valence-electron chi connectivity index (χ1n) is 9.42. The van der Waals surface area contributed by atoms with Crippen molar-refractivity contribution in [1.29, 1.82) is 0 Å². The van der Waals surface area contributed by atoms with Crippen LogP contribution in [0.15, 0.2) is 54.6 Å². The Hall–Kier alpha value is -2.85. The molecule has 0 aliphatic heterocycles. The van der Waals surface area contributed by atoms with Crippen LogP contribution in [0.25, 0.3) is 16.8 Å². The molecule has 0 spiro atoms. The SMILES string of the molecule is Cc1cccc(Nc2c(CCCl)c(C)nc3c(-c4ccccc4)c(C)nn23)c1. The lowest BCUT2D eigenvalue weighted by Gasteiger charge is -2.16. The van der Waals surface area contributed by atoms with E-state index < -0.39 is 0 Å². The summed E-state index contributed by atoms with van der Waals surface area (Å²) in [5.41, 5.74) is 8.28. The second-order valence-corrected chi connectivity index (χ2v) is 7.40. The topological polar surface area (TPSA) is 42.2 Å². The zero-order valence-electron chi connectivity index (χ0n) is 16.3. The number of rotatable bonds is 5. The Morgan fingerprint density at radius 2 is 1.75 bits per heavy atom. The third-order valence-corrected chi connectivity index (χ3v) is 5.12. The van der Waals surface area contributed by atoms with E-state index in [1.807, 2.05) is 42.6 Å². The Kier molecular flexibility index (Phi) is 5.05. The molecule has 0 aliphatic carbocycles. The predicted molar refractivity (Wildman–Crippen MR) is 117 cm³/mol. The summed E-state index contributed by atoms with van der Waals surface area (Å²) < 4.78 is 1.93. The van der Waals surface area contributed by atoms with Gasteiger partial charge in [-0.1, -0.05) is 42.5 Å². The van der Waals surface area contributed by atoms with Gasteiger partial charge in [0.15, 0.2) is 5.65 Å². The molecule has 2 aromatic heterocycles. The zero-order chi connectivity index (χ0) is 19.7. The molecule has 2 aromatic carbocycles. The summed E-state index contributed by atoms with van der Waals surface area (Å²) in [6, 6.07) is 18.6. The Morgan fingerprint density at radius 3 is 2.46 bits per heavy atom. The van der Waals surface area contributed by atoms with Crippen LogP contribution in [0, 0.1) is 20.8 Å². The molecule has 0 saturated carbocycles. The maximum atomic E-state index is 6.11. The highest BCUT2D eigenvalue weighted by molar-refractivity contribution is 6.18. The second kappa shape index (κ2) is 7.64. The van der Waals surface area contributed by atoms with E-state index in [9.17, 15) is 0 Å². The van der Waals surface area contributed by atoms with Gasteiger partial charge in [-0.3, -0.25) is 0 Å². The number of alkyl halides is 1. The molecule has 142 valence electrons. The Morgan fingerprint density at radius 1 is 0.964 bits per heavy atom. The van der Waals surface area contributed by atoms with Crippen LogP contribution in [-0.4, -0.2) is 20.5 Å². The number of anilines is 2. The average Bonchev–Trinajstić information content (AvgIpc) is 3.01. The van der Waals surface area contributed by atoms with Crippen molar-refractivity contribution in [2.24, 2.45) is 0 Å². The number of hydrogen-bond acceptors (Lipinski definition) is 3. The average molecular weight is 391 g/mol. The normalized spacial score (nSPS) is 11.1. The van der Waals surface area contributed by atoms with Crippen LogP contribution in [0.1, 0.15) is 22.5 Å². The smallest absolute Gasteiger partial charge is 0.165 e. The third kappa shape index (κ3) is 3.36. The molecule has 2 heterocycles. The number of aryl methyl sites for hydroxylation is 3. The molecule has 28 heavy (non-hydrogen) atoms. The molecular formula is C23H23ClN4. The van der Waals surface area contributed by atoms with Gasteiger partial charge in [-0.05, 0) is 50.5 Å². The van der Waals surface area contributed by atoms with Gasteiger partial charge in [0.05, 0.1) is 5.69 Å². The van der Waals surface area contributed by atoms with Crippen LogP contribution in [0.3, 0.4) is 0 Å². The molecule has 0 saturated heterocycles. The molecule has 0 bridgehead atoms. The lowest BCUT2D eigenvalue weighted by Crippen LogP contribution is -2.09. The first-order chi connectivity index (χ1) is 13.6. The van der Waals surface area contributed by atoms with Crippen molar-refractivity contribution in [3.8, 4) is 11.1 Å². The fraction of sp³-hybridized carbons (Fsp3) is 0.217. The minimum Gasteiger partial charge on any atom is -0.340 e. The molecule has 4 aromatic rings. The van der Waals surface area contributed by atoms with Crippen LogP contribution in [0.2, 0.25) is 0 Å². The fourth-order valence-corrected chi connectivity index (χ4v) is 3.81. The third-order valence-electron chi connectivity index (χ3n) is 4.93. The predicted octanol–water partition coefficient (Wildman–Crippen LogP) is 5.85. The summed E-state index contributed by atoms with van der Waals surface area (Å²) >= 11 is 6.11. The van der Waals surface area contributed by atoms with Gasteiger partial charge in [0.25, 0.3) is 0 Å². The summed E-state index contributed by atoms with van der Waals surface area (Å²) in [5.74, 6) is 1.46. The lowest BCUT2D eigenvalue weighted by molar-refractivity contribution is 0.891. The van der Waals surface area contributed by atoms with Crippen LogP contribution in [0.4, 0.5) is 11.5 Å². The molecule has 1 N–H and O–H groups in total. The second-order valence-electron chi connectivity index (χ2n) is 7.02. The first kappa shape index (κ1) is 18.5. The Bertz CT molecular complexity index is 1130. The molecule has 4 nitrogen and oxygen atoms in total. The molecule has 0 fully saturated rings. The maximum absolute atomic E-state index is 6.11. The van der Waals surface area contributed by atoms with E-state index in [4.69, 9.17) is 21.7 Å². The van der Waals surface area contributed by atoms with Crippen molar-refractivity contribution in [3.05, 3.63) is 77.1 Å². The summed E-state index contributed by atoms with van der Waals surface area (Å²) in [5, 5.41) is 8.42. The molecule has 0 atom stereocenters. The van der Waals surface area contributed by atoms with E-state index in [2.05, 4.69) is 42.6 Å². The number of nitrogens with one attached hydrogen (secondary N) is 1. The quantitative estimate of drug-likeness (QED) is 0.435. The molecule has 0 amide bonds. The number of hydrogen-bond donors (Lipinski definition) is 1. The van der Waals surface area contributed by atoms with Crippen LogP contribution < -0.4 is 5.32 Å². The van der Waals surface area contributed by atoms with Crippen LogP contribution in [0.5, 0.6) is 0 Å². The molecule has 0 aliphatic rings. The number of nitrogens with zero attached hydrogens (tertiary/aromatic N) is 3. The monoisotopic (exact) mass is 390 g/mol. The molecule has 0 radical (unpaired) electrons. The molecule has 5 heteroatoms. The lowest BCUT2D eigenvalue weighted by atomic mass is 10.1. The Balaban J connectivity index is 1.96.